The number of anilines is 1. The van der Waals surface area contributed by atoms with Crippen LogP contribution in [0.15, 0.2) is 42.5 Å². The summed E-state index contributed by atoms with van der Waals surface area (Å²) in [6.45, 7) is 2.47. The van der Waals surface area contributed by atoms with Crippen molar-refractivity contribution in [2.75, 3.05) is 12.8 Å². The molecule has 2 aromatic rings. The van der Waals surface area contributed by atoms with Crippen molar-refractivity contribution in [1.82, 2.24) is 0 Å². The molecule has 2 aromatic carbocycles. The Hall–Kier alpha value is -2.49. The van der Waals surface area contributed by atoms with E-state index in [1.807, 2.05) is 31.2 Å². The number of carbonyl (C=O) groups is 1. The van der Waals surface area contributed by atoms with Crippen molar-refractivity contribution < 1.29 is 14.3 Å². The summed E-state index contributed by atoms with van der Waals surface area (Å²) in [7, 11) is 1.33. The van der Waals surface area contributed by atoms with Gasteiger partial charge in [-0.2, -0.15) is 0 Å². The molecule has 4 heteroatoms. The van der Waals surface area contributed by atoms with Gasteiger partial charge in [0.2, 0.25) is 0 Å². The van der Waals surface area contributed by atoms with E-state index in [9.17, 15) is 4.79 Å². The summed E-state index contributed by atoms with van der Waals surface area (Å²) in [5.74, 6) is 0.142. The molecule has 2 rings (SSSR count). The molecule has 2 N–H and O–H groups in total. The maximum Gasteiger partial charge on any atom is 0.337 e. The van der Waals surface area contributed by atoms with Gasteiger partial charge in [0.1, 0.15) is 12.4 Å². The second-order valence-corrected chi connectivity index (χ2v) is 4.46. The highest BCUT2D eigenvalue weighted by Gasteiger charge is 2.09. The highest BCUT2D eigenvalue weighted by atomic mass is 16.5. The molecule has 0 aliphatic heterocycles. The van der Waals surface area contributed by atoms with Gasteiger partial charge in [-0.25, -0.2) is 4.79 Å². The van der Waals surface area contributed by atoms with E-state index < -0.39 is 5.97 Å². The molecule has 0 fully saturated rings. The van der Waals surface area contributed by atoms with Gasteiger partial charge in [-0.05, 0) is 36.2 Å². The number of hydrogen-bond acceptors (Lipinski definition) is 4. The lowest BCUT2D eigenvalue weighted by atomic mass is 10.1. The number of benzene rings is 2. The quantitative estimate of drug-likeness (QED) is 0.686. The molecule has 4 nitrogen and oxygen atoms in total. The fourth-order valence-corrected chi connectivity index (χ4v) is 1.85. The zero-order chi connectivity index (χ0) is 14.5. The summed E-state index contributed by atoms with van der Waals surface area (Å²) in [5.41, 5.74) is 8.98. The van der Waals surface area contributed by atoms with E-state index in [4.69, 9.17) is 10.5 Å². The number of nitrogens with two attached hydrogens (primary N) is 1. The number of carbonyl (C=O) groups excluding carboxylic acids is 1. The first-order valence-corrected chi connectivity index (χ1v) is 6.27. The van der Waals surface area contributed by atoms with E-state index in [1.165, 1.54) is 7.11 Å². The molecule has 104 valence electrons. The molecule has 0 amide bonds. The third-order valence-corrected chi connectivity index (χ3v) is 3.08. The standard InChI is InChI=1S/C16H17NO3/c1-11-5-3-4-6-13(11)10-20-15-8-7-12(9-14(15)17)16(18)19-2/h3-9H,10,17H2,1-2H3. The summed E-state index contributed by atoms with van der Waals surface area (Å²) >= 11 is 0. The maximum atomic E-state index is 11.4. The van der Waals surface area contributed by atoms with Crippen LogP contribution < -0.4 is 10.5 Å². The highest BCUT2D eigenvalue weighted by Crippen LogP contribution is 2.24. The summed E-state index contributed by atoms with van der Waals surface area (Å²) in [4.78, 5) is 11.4. The van der Waals surface area contributed by atoms with Crippen molar-refractivity contribution in [3.63, 3.8) is 0 Å². The third-order valence-electron chi connectivity index (χ3n) is 3.08. The number of nitrogen functional groups attached to an aromatic ring is 1. The number of esters is 1. The fraction of sp³-hybridized carbons (Fsp3) is 0.188. The topological polar surface area (TPSA) is 61.5 Å². The minimum atomic E-state index is -0.415. The van der Waals surface area contributed by atoms with E-state index in [2.05, 4.69) is 4.74 Å². The Morgan fingerprint density at radius 1 is 1.20 bits per heavy atom. The zero-order valence-electron chi connectivity index (χ0n) is 11.6. The maximum absolute atomic E-state index is 11.4. The molecule has 0 radical (unpaired) electrons. The molecule has 0 unspecified atom stereocenters. The van der Waals surface area contributed by atoms with Gasteiger partial charge < -0.3 is 15.2 Å². The molecule has 0 aromatic heterocycles. The first-order chi connectivity index (χ1) is 9.61. The van der Waals surface area contributed by atoms with Gasteiger partial charge in [0.15, 0.2) is 0 Å². The number of rotatable bonds is 4. The first-order valence-electron chi connectivity index (χ1n) is 6.27. The van der Waals surface area contributed by atoms with Gasteiger partial charge in [0, 0.05) is 0 Å². The smallest absolute Gasteiger partial charge is 0.337 e. The molecule has 0 aliphatic rings. The van der Waals surface area contributed by atoms with Crippen LogP contribution in [-0.4, -0.2) is 13.1 Å². The highest BCUT2D eigenvalue weighted by molar-refractivity contribution is 5.90. The van der Waals surface area contributed by atoms with Crippen LogP contribution in [0.1, 0.15) is 21.5 Å². The number of aryl methyl sites for hydroxylation is 1. The molecule has 0 bridgehead atoms. The minimum absolute atomic E-state index is 0.410. The molecule has 20 heavy (non-hydrogen) atoms. The van der Waals surface area contributed by atoms with Crippen LogP contribution in [0.5, 0.6) is 5.75 Å². The van der Waals surface area contributed by atoms with Crippen molar-refractivity contribution in [3.8, 4) is 5.75 Å². The largest absolute Gasteiger partial charge is 0.487 e. The Bertz CT molecular complexity index is 623. The fourth-order valence-electron chi connectivity index (χ4n) is 1.85. The van der Waals surface area contributed by atoms with Gasteiger partial charge in [-0.1, -0.05) is 24.3 Å². The second-order valence-electron chi connectivity index (χ2n) is 4.46. The number of methoxy groups -OCH3 is 1. The lowest BCUT2D eigenvalue weighted by Crippen LogP contribution is -2.04. The van der Waals surface area contributed by atoms with Crippen LogP contribution in [0.2, 0.25) is 0 Å². The van der Waals surface area contributed by atoms with Gasteiger partial charge in [0.25, 0.3) is 0 Å². The predicted molar refractivity (Wildman–Crippen MR) is 77.7 cm³/mol. The summed E-state index contributed by atoms with van der Waals surface area (Å²) in [6, 6.07) is 12.9. The third kappa shape index (κ3) is 3.09. The molecule has 0 heterocycles. The average molecular weight is 271 g/mol. The lowest BCUT2D eigenvalue weighted by molar-refractivity contribution is 0.0600. The predicted octanol–water partition coefficient (Wildman–Crippen LogP) is 2.94. The van der Waals surface area contributed by atoms with Gasteiger partial charge in [-0.3, -0.25) is 0 Å². The van der Waals surface area contributed by atoms with E-state index in [1.54, 1.807) is 18.2 Å². The molecule has 0 saturated heterocycles. The van der Waals surface area contributed by atoms with Gasteiger partial charge in [0.05, 0.1) is 18.4 Å². The summed E-state index contributed by atoms with van der Waals surface area (Å²) in [5, 5.41) is 0. The van der Waals surface area contributed by atoms with E-state index >= 15 is 0 Å². The summed E-state index contributed by atoms with van der Waals surface area (Å²) in [6.07, 6.45) is 0. The summed E-state index contributed by atoms with van der Waals surface area (Å²) < 4.78 is 10.3. The van der Waals surface area contributed by atoms with E-state index in [0.29, 0.717) is 23.6 Å². The Labute approximate surface area is 118 Å². The van der Waals surface area contributed by atoms with Crippen LogP contribution >= 0.6 is 0 Å². The van der Waals surface area contributed by atoms with Crippen molar-refractivity contribution in [2.45, 2.75) is 13.5 Å². The Balaban J connectivity index is 2.11. The Kier molecular flexibility index (Phi) is 4.25. The van der Waals surface area contributed by atoms with Crippen LogP contribution in [0, 0.1) is 6.92 Å². The normalized spacial score (nSPS) is 10.1. The SMILES string of the molecule is COC(=O)c1ccc(OCc2ccccc2C)c(N)c1. The van der Waals surface area contributed by atoms with Crippen LogP contribution in [0.4, 0.5) is 5.69 Å². The monoisotopic (exact) mass is 271 g/mol. The molecule has 0 aliphatic carbocycles. The van der Waals surface area contributed by atoms with Crippen molar-refractivity contribution in [3.05, 3.63) is 59.2 Å². The van der Waals surface area contributed by atoms with E-state index in [-0.39, 0.29) is 0 Å². The van der Waals surface area contributed by atoms with Crippen LogP contribution in [0.25, 0.3) is 0 Å². The molecule has 0 spiro atoms. The van der Waals surface area contributed by atoms with Crippen molar-refractivity contribution >= 4 is 11.7 Å². The van der Waals surface area contributed by atoms with Gasteiger partial charge >= 0.3 is 5.97 Å². The molecule has 0 saturated carbocycles. The van der Waals surface area contributed by atoms with E-state index in [0.717, 1.165) is 11.1 Å². The second kappa shape index (κ2) is 6.10. The minimum Gasteiger partial charge on any atom is -0.487 e. The van der Waals surface area contributed by atoms with Crippen LogP contribution in [-0.2, 0) is 11.3 Å². The number of ether oxygens (including phenoxy) is 2. The van der Waals surface area contributed by atoms with Crippen molar-refractivity contribution in [2.24, 2.45) is 0 Å². The van der Waals surface area contributed by atoms with Crippen LogP contribution in [0.3, 0.4) is 0 Å². The molecular formula is C16H17NO3. The first kappa shape index (κ1) is 13.9. The lowest BCUT2D eigenvalue weighted by Gasteiger charge is -2.11. The Morgan fingerprint density at radius 2 is 1.95 bits per heavy atom. The van der Waals surface area contributed by atoms with Gasteiger partial charge in [-0.15, -0.1) is 0 Å². The zero-order valence-corrected chi connectivity index (χ0v) is 11.6. The van der Waals surface area contributed by atoms with Crippen molar-refractivity contribution in [1.29, 1.82) is 0 Å². The number of hydrogen-bond donors (Lipinski definition) is 1. The molecule has 0 atom stereocenters. The Morgan fingerprint density at radius 3 is 2.60 bits per heavy atom. The molecular weight excluding hydrogens is 254 g/mol. The average Bonchev–Trinajstić information content (AvgIpc) is 2.46.